The predicted octanol–water partition coefficient (Wildman–Crippen LogP) is 1.25. The number of aromatic nitrogens is 1. The van der Waals surface area contributed by atoms with Gasteiger partial charge in [-0.15, -0.1) is 0 Å². The average Bonchev–Trinajstić information content (AvgIpc) is 2.28. The first-order valence-corrected chi connectivity index (χ1v) is 5.91. The fourth-order valence-corrected chi connectivity index (χ4v) is 2.37. The second-order valence-corrected chi connectivity index (χ2v) is 4.34. The first-order chi connectivity index (χ1) is 7.65. The van der Waals surface area contributed by atoms with Gasteiger partial charge in [-0.2, -0.15) is 0 Å². The van der Waals surface area contributed by atoms with E-state index in [4.69, 9.17) is 5.73 Å². The van der Waals surface area contributed by atoms with Crippen molar-refractivity contribution in [2.75, 3.05) is 11.9 Å². The Bertz CT molecular complexity index is 448. The van der Waals surface area contributed by atoms with Crippen molar-refractivity contribution in [1.82, 2.24) is 4.57 Å². The van der Waals surface area contributed by atoms with Crippen molar-refractivity contribution in [3.63, 3.8) is 0 Å². The highest BCUT2D eigenvalue weighted by molar-refractivity contribution is 5.52. The van der Waals surface area contributed by atoms with Gasteiger partial charge >= 0.3 is 0 Å². The SMILES string of the molecule is CCc1cc(=O)n2c(c1C(C)N)NCCC2. The highest BCUT2D eigenvalue weighted by atomic mass is 16.1. The summed E-state index contributed by atoms with van der Waals surface area (Å²) in [7, 11) is 0. The second kappa shape index (κ2) is 4.29. The number of anilines is 1. The number of fused-ring (bicyclic) bond motifs is 1. The Morgan fingerprint density at radius 2 is 2.38 bits per heavy atom. The molecule has 0 aromatic carbocycles. The molecule has 0 saturated carbocycles. The van der Waals surface area contributed by atoms with E-state index in [0.717, 1.165) is 42.9 Å². The van der Waals surface area contributed by atoms with Gasteiger partial charge in [0.2, 0.25) is 0 Å². The minimum Gasteiger partial charge on any atom is -0.371 e. The van der Waals surface area contributed by atoms with Gasteiger partial charge in [0.15, 0.2) is 0 Å². The number of nitrogens with two attached hydrogens (primary N) is 1. The fourth-order valence-electron chi connectivity index (χ4n) is 2.37. The predicted molar refractivity (Wildman–Crippen MR) is 65.8 cm³/mol. The zero-order valence-electron chi connectivity index (χ0n) is 9.92. The van der Waals surface area contributed by atoms with Crippen LogP contribution in [0.5, 0.6) is 0 Å². The molecule has 4 heteroatoms. The summed E-state index contributed by atoms with van der Waals surface area (Å²) in [5.41, 5.74) is 8.26. The smallest absolute Gasteiger partial charge is 0.252 e. The van der Waals surface area contributed by atoms with Crippen LogP contribution in [-0.2, 0) is 13.0 Å². The average molecular weight is 221 g/mol. The lowest BCUT2D eigenvalue weighted by atomic mass is 10.00. The minimum atomic E-state index is -0.0394. The van der Waals surface area contributed by atoms with Crippen LogP contribution in [0.15, 0.2) is 10.9 Å². The Balaban J connectivity index is 2.68. The number of pyridine rings is 1. The number of hydrogen-bond acceptors (Lipinski definition) is 3. The number of nitrogens with zero attached hydrogens (tertiary/aromatic N) is 1. The van der Waals surface area contributed by atoms with E-state index in [-0.39, 0.29) is 11.6 Å². The number of hydrogen-bond donors (Lipinski definition) is 2. The Kier molecular flexibility index (Phi) is 3.01. The highest BCUT2D eigenvalue weighted by Gasteiger charge is 2.19. The number of aryl methyl sites for hydroxylation is 1. The molecule has 1 atom stereocenters. The molecule has 2 rings (SSSR count). The maximum Gasteiger partial charge on any atom is 0.252 e. The maximum absolute atomic E-state index is 11.9. The van der Waals surface area contributed by atoms with Crippen LogP contribution >= 0.6 is 0 Å². The first kappa shape index (κ1) is 11.2. The normalized spacial score (nSPS) is 16.4. The Morgan fingerprint density at radius 3 is 3.00 bits per heavy atom. The topological polar surface area (TPSA) is 60.0 Å². The molecule has 1 aliphatic rings. The molecule has 0 amide bonds. The van der Waals surface area contributed by atoms with Crippen LogP contribution in [0, 0.1) is 0 Å². The van der Waals surface area contributed by atoms with Crippen molar-refractivity contribution in [3.8, 4) is 0 Å². The van der Waals surface area contributed by atoms with Gasteiger partial charge in [0.05, 0.1) is 0 Å². The quantitative estimate of drug-likeness (QED) is 0.790. The third kappa shape index (κ3) is 1.73. The van der Waals surface area contributed by atoms with Crippen molar-refractivity contribution >= 4 is 5.82 Å². The molecule has 0 fully saturated rings. The summed E-state index contributed by atoms with van der Waals surface area (Å²) in [4.78, 5) is 11.9. The molecule has 1 aromatic heterocycles. The molecule has 88 valence electrons. The van der Waals surface area contributed by atoms with Gasteiger partial charge in [0.1, 0.15) is 5.82 Å². The zero-order valence-corrected chi connectivity index (χ0v) is 9.92. The molecule has 0 aliphatic carbocycles. The van der Waals surface area contributed by atoms with Crippen molar-refractivity contribution in [1.29, 1.82) is 0 Å². The van der Waals surface area contributed by atoms with Crippen molar-refractivity contribution in [3.05, 3.63) is 27.5 Å². The van der Waals surface area contributed by atoms with Gasteiger partial charge < -0.3 is 11.1 Å². The second-order valence-electron chi connectivity index (χ2n) is 4.34. The molecule has 0 saturated heterocycles. The van der Waals surface area contributed by atoms with Crippen LogP contribution in [0.4, 0.5) is 5.82 Å². The van der Waals surface area contributed by atoms with Crippen molar-refractivity contribution in [2.24, 2.45) is 5.73 Å². The van der Waals surface area contributed by atoms with Gasteiger partial charge in [-0.3, -0.25) is 9.36 Å². The maximum atomic E-state index is 11.9. The van der Waals surface area contributed by atoms with E-state index < -0.39 is 0 Å². The molecule has 1 aromatic rings. The molecular weight excluding hydrogens is 202 g/mol. The number of nitrogens with one attached hydrogen (secondary N) is 1. The fraction of sp³-hybridized carbons (Fsp3) is 0.583. The largest absolute Gasteiger partial charge is 0.371 e. The lowest BCUT2D eigenvalue weighted by Gasteiger charge is -2.26. The summed E-state index contributed by atoms with van der Waals surface area (Å²) in [6.07, 6.45) is 1.85. The van der Waals surface area contributed by atoms with E-state index in [0.29, 0.717) is 0 Å². The van der Waals surface area contributed by atoms with Crippen molar-refractivity contribution in [2.45, 2.75) is 39.3 Å². The summed E-state index contributed by atoms with van der Waals surface area (Å²) in [6.45, 7) is 5.74. The van der Waals surface area contributed by atoms with Crippen molar-refractivity contribution < 1.29 is 0 Å². The van der Waals surface area contributed by atoms with Gasteiger partial charge in [-0.1, -0.05) is 6.92 Å². The Hall–Kier alpha value is -1.29. The van der Waals surface area contributed by atoms with Gasteiger partial charge in [0.25, 0.3) is 5.56 Å². The van der Waals surface area contributed by atoms with Gasteiger partial charge in [-0.05, 0) is 25.3 Å². The third-order valence-electron chi connectivity index (χ3n) is 3.12. The Morgan fingerprint density at radius 1 is 1.62 bits per heavy atom. The summed E-state index contributed by atoms with van der Waals surface area (Å²) in [5, 5.41) is 3.31. The lowest BCUT2D eigenvalue weighted by molar-refractivity contribution is 0.596. The van der Waals surface area contributed by atoms with Crippen LogP contribution in [0.25, 0.3) is 0 Å². The minimum absolute atomic E-state index is 0.0394. The molecule has 0 radical (unpaired) electrons. The molecule has 0 spiro atoms. The molecule has 16 heavy (non-hydrogen) atoms. The molecule has 4 nitrogen and oxygen atoms in total. The molecule has 0 bridgehead atoms. The van der Waals surface area contributed by atoms with Gasteiger partial charge in [0, 0.05) is 30.8 Å². The molecule has 2 heterocycles. The first-order valence-electron chi connectivity index (χ1n) is 5.91. The molecule has 3 N–H and O–H groups in total. The van der Waals surface area contributed by atoms with Crippen LogP contribution < -0.4 is 16.6 Å². The zero-order chi connectivity index (χ0) is 11.7. The van der Waals surface area contributed by atoms with E-state index in [1.807, 2.05) is 6.92 Å². The van der Waals surface area contributed by atoms with Crippen LogP contribution in [-0.4, -0.2) is 11.1 Å². The van der Waals surface area contributed by atoms with Crippen LogP contribution in [0.3, 0.4) is 0 Å². The summed E-state index contributed by atoms with van der Waals surface area (Å²) in [6, 6.07) is 1.69. The Labute approximate surface area is 95.5 Å². The highest BCUT2D eigenvalue weighted by Crippen LogP contribution is 2.26. The monoisotopic (exact) mass is 221 g/mol. The van der Waals surface area contributed by atoms with E-state index in [1.165, 1.54) is 0 Å². The van der Waals surface area contributed by atoms with Gasteiger partial charge in [-0.25, -0.2) is 0 Å². The molecular formula is C12H19N3O. The van der Waals surface area contributed by atoms with E-state index >= 15 is 0 Å². The molecule has 1 aliphatic heterocycles. The van der Waals surface area contributed by atoms with Crippen LogP contribution in [0.1, 0.15) is 37.4 Å². The van der Waals surface area contributed by atoms with Crippen LogP contribution in [0.2, 0.25) is 0 Å². The summed E-state index contributed by atoms with van der Waals surface area (Å²) >= 11 is 0. The standard InChI is InChI=1S/C12H19N3O/c1-3-9-7-10(16)15-6-4-5-14-12(15)11(9)8(2)13/h7-8,14H,3-6,13H2,1-2H3. The van der Waals surface area contributed by atoms with E-state index in [2.05, 4.69) is 12.2 Å². The van der Waals surface area contributed by atoms with E-state index in [9.17, 15) is 4.79 Å². The summed E-state index contributed by atoms with van der Waals surface area (Å²) < 4.78 is 1.81. The molecule has 1 unspecified atom stereocenters. The summed E-state index contributed by atoms with van der Waals surface area (Å²) in [5.74, 6) is 0.936. The number of rotatable bonds is 2. The third-order valence-corrected chi connectivity index (χ3v) is 3.12. The lowest BCUT2D eigenvalue weighted by Crippen LogP contribution is -2.32. The van der Waals surface area contributed by atoms with E-state index in [1.54, 1.807) is 10.6 Å².